The van der Waals surface area contributed by atoms with Gasteiger partial charge in [-0.25, -0.2) is 0 Å². The van der Waals surface area contributed by atoms with E-state index in [2.05, 4.69) is 50.5 Å². The maximum Gasteiger partial charge on any atom is 0.0342 e. The predicted molar refractivity (Wildman–Crippen MR) is 66.6 cm³/mol. The minimum Gasteiger partial charge on any atom is -0.144 e. The van der Waals surface area contributed by atoms with Crippen molar-refractivity contribution in [3.63, 3.8) is 0 Å². The van der Waals surface area contributed by atoms with Crippen LogP contribution in [-0.2, 0) is 0 Å². The molecule has 0 saturated carbocycles. The van der Waals surface area contributed by atoms with Gasteiger partial charge in [-0.05, 0) is 22.9 Å². The molecule has 0 aliphatic rings. The fourth-order valence-corrected chi connectivity index (χ4v) is 1.70. The summed E-state index contributed by atoms with van der Waals surface area (Å²) in [6.07, 6.45) is 0. The number of rotatable bonds is 0. The first-order valence-corrected chi connectivity index (χ1v) is 15.4. The maximum atomic E-state index is 2.38. The topological polar surface area (TPSA) is 0 Å². The molecule has 0 fully saturated rings. The Balaban J connectivity index is 0.000000184. The van der Waals surface area contributed by atoms with E-state index in [1.165, 1.54) is 10.1 Å². The van der Waals surface area contributed by atoms with Gasteiger partial charge in [-0.15, -0.1) is 11.3 Å². The first kappa shape index (κ1) is 11.1. The summed E-state index contributed by atoms with van der Waals surface area (Å²) in [4.78, 5) is 7.13. The molecule has 1 aromatic heterocycles. The number of hydrogen-bond acceptors (Lipinski definition) is 1. The molecular formula is C11H16SSn. The van der Waals surface area contributed by atoms with Gasteiger partial charge >= 0.3 is 34.6 Å². The molecule has 0 aliphatic heterocycles. The third kappa shape index (κ3) is 4.14. The van der Waals surface area contributed by atoms with Crippen LogP contribution in [0.15, 0.2) is 35.7 Å². The van der Waals surface area contributed by atoms with Gasteiger partial charge in [-0.1, -0.05) is 18.2 Å². The molecule has 0 spiro atoms. The van der Waals surface area contributed by atoms with E-state index < -0.39 is 19.8 Å². The Bertz CT molecular complexity index is 319. The predicted octanol–water partition coefficient (Wildman–Crippen LogP) is 4.00. The summed E-state index contributed by atoms with van der Waals surface area (Å²) in [7, 11) is 0. The molecule has 1 heterocycles. The summed E-state index contributed by atoms with van der Waals surface area (Å²) >= 11 is 1.15. The van der Waals surface area contributed by atoms with E-state index in [1.807, 2.05) is 0 Å². The van der Waals surface area contributed by atoms with E-state index >= 15 is 0 Å². The van der Waals surface area contributed by atoms with Gasteiger partial charge < -0.3 is 0 Å². The van der Waals surface area contributed by atoms with Crippen LogP contribution >= 0.6 is 11.3 Å². The van der Waals surface area contributed by atoms with Gasteiger partial charge in [-0.3, -0.25) is 0 Å². The Kier molecular flexibility index (Phi) is 4.81. The van der Waals surface area contributed by atoms with E-state index in [0.29, 0.717) is 0 Å². The summed E-state index contributed by atoms with van der Waals surface area (Å²) in [5.74, 6) is 0. The largest absolute Gasteiger partial charge is 0.144 e. The van der Waals surface area contributed by atoms with Gasteiger partial charge in [0.25, 0.3) is 0 Å². The van der Waals surface area contributed by atoms with E-state index in [-0.39, 0.29) is 0 Å². The zero-order valence-electron chi connectivity index (χ0n) is 8.45. The fourth-order valence-electron chi connectivity index (χ4n) is 0.906. The van der Waals surface area contributed by atoms with Gasteiger partial charge in [0, 0.05) is 4.70 Å². The van der Waals surface area contributed by atoms with Crippen molar-refractivity contribution in [1.82, 2.24) is 0 Å². The number of fused-ring (bicyclic) bond motifs is 1. The van der Waals surface area contributed by atoms with Gasteiger partial charge in [-0.2, -0.15) is 0 Å². The van der Waals surface area contributed by atoms with Crippen LogP contribution in [0.2, 0.25) is 14.8 Å². The molecule has 0 radical (unpaired) electrons. The summed E-state index contributed by atoms with van der Waals surface area (Å²) in [5.41, 5.74) is 0. The van der Waals surface area contributed by atoms with Gasteiger partial charge in [0.1, 0.15) is 0 Å². The van der Waals surface area contributed by atoms with Crippen molar-refractivity contribution in [2.24, 2.45) is 0 Å². The van der Waals surface area contributed by atoms with Gasteiger partial charge in [0.2, 0.25) is 0 Å². The van der Waals surface area contributed by atoms with Crippen molar-refractivity contribution in [2.75, 3.05) is 0 Å². The van der Waals surface area contributed by atoms with E-state index in [9.17, 15) is 0 Å². The first-order chi connectivity index (χ1) is 6.20. The third-order valence-electron chi connectivity index (χ3n) is 1.36. The van der Waals surface area contributed by atoms with Crippen LogP contribution in [0.4, 0.5) is 0 Å². The van der Waals surface area contributed by atoms with E-state index in [1.54, 1.807) is 11.3 Å². The van der Waals surface area contributed by atoms with E-state index in [4.69, 9.17) is 0 Å². The number of hydrogen-bond donors (Lipinski definition) is 0. The SMILES string of the molecule is [CH3][SnH]([CH3])[CH3].c1ccc2sccc2c1. The van der Waals surface area contributed by atoms with Crippen molar-refractivity contribution in [2.45, 2.75) is 14.8 Å². The van der Waals surface area contributed by atoms with Crippen molar-refractivity contribution in [3.8, 4) is 0 Å². The Labute approximate surface area is 91.3 Å². The van der Waals surface area contributed by atoms with Crippen LogP contribution < -0.4 is 0 Å². The van der Waals surface area contributed by atoms with Crippen LogP contribution in [0.25, 0.3) is 10.1 Å². The van der Waals surface area contributed by atoms with Crippen molar-refractivity contribution in [1.29, 1.82) is 0 Å². The molecule has 2 rings (SSSR count). The summed E-state index contributed by atoms with van der Waals surface area (Å²) in [6, 6.07) is 10.5. The molecule has 0 nitrogen and oxygen atoms in total. The van der Waals surface area contributed by atoms with Gasteiger partial charge in [0.05, 0.1) is 0 Å². The normalized spacial score (nSPS) is 9.85. The molecule has 2 heteroatoms. The molecule has 2 aromatic rings. The Morgan fingerprint density at radius 1 is 1.00 bits per heavy atom. The Morgan fingerprint density at radius 3 is 2.23 bits per heavy atom. The Morgan fingerprint density at radius 2 is 1.62 bits per heavy atom. The molecule has 13 heavy (non-hydrogen) atoms. The van der Waals surface area contributed by atoms with Crippen molar-refractivity contribution < 1.29 is 0 Å². The molecule has 0 saturated heterocycles. The van der Waals surface area contributed by atoms with E-state index in [0.717, 1.165) is 0 Å². The second-order valence-electron chi connectivity index (χ2n) is 3.69. The van der Waals surface area contributed by atoms with Crippen LogP contribution in [0.3, 0.4) is 0 Å². The van der Waals surface area contributed by atoms with Crippen LogP contribution in [0, 0.1) is 0 Å². The average molecular weight is 299 g/mol. The molecule has 0 N–H and O–H groups in total. The van der Waals surface area contributed by atoms with Crippen molar-refractivity contribution >= 4 is 41.2 Å². The number of thiophene rings is 1. The average Bonchev–Trinajstić information content (AvgIpc) is 2.49. The van der Waals surface area contributed by atoms with Crippen LogP contribution in [0.5, 0.6) is 0 Å². The summed E-state index contributed by atoms with van der Waals surface area (Å²) < 4.78 is 1.37. The van der Waals surface area contributed by atoms with Gasteiger partial charge in [0.15, 0.2) is 0 Å². The third-order valence-corrected chi connectivity index (χ3v) is 2.26. The molecular weight excluding hydrogens is 283 g/mol. The van der Waals surface area contributed by atoms with Crippen LogP contribution in [0.1, 0.15) is 0 Å². The second-order valence-corrected chi connectivity index (χ2v) is 14.5. The molecule has 0 bridgehead atoms. The molecule has 0 amide bonds. The maximum absolute atomic E-state index is 2.38. The fraction of sp³-hybridized carbons (Fsp3) is 0.273. The number of benzene rings is 1. The zero-order chi connectivity index (χ0) is 9.68. The minimum absolute atomic E-state index is 0.637. The molecule has 0 atom stereocenters. The molecule has 0 aliphatic carbocycles. The second kappa shape index (κ2) is 5.65. The molecule has 1 aromatic carbocycles. The zero-order valence-corrected chi connectivity index (χ0v) is 12.6. The quantitative estimate of drug-likeness (QED) is 0.645. The summed E-state index contributed by atoms with van der Waals surface area (Å²) in [5, 5.41) is 3.47. The minimum atomic E-state index is -0.637. The standard InChI is InChI=1S/C8H6S.3CH3.Sn.H/c1-2-4-8-7(3-1)5-6-9-8;;;;;/h1-6H;3*1H3;;. The molecule has 70 valence electrons. The Hall–Kier alpha value is -0.0213. The van der Waals surface area contributed by atoms with Crippen LogP contribution in [-0.4, -0.2) is 19.8 Å². The molecule has 0 unspecified atom stereocenters. The smallest absolute Gasteiger partial charge is 0.0342 e. The van der Waals surface area contributed by atoms with Crippen molar-refractivity contribution in [3.05, 3.63) is 35.7 Å². The first-order valence-electron chi connectivity index (χ1n) is 4.62. The monoisotopic (exact) mass is 300 g/mol. The summed E-state index contributed by atoms with van der Waals surface area (Å²) in [6.45, 7) is 0.